The van der Waals surface area contributed by atoms with E-state index in [0.29, 0.717) is 6.04 Å². The summed E-state index contributed by atoms with van der Waals surface area (Å²) in [5.41, 5.74) is 5.81. The highest BCUT2D eigenvalue weighted by Crippen LogP contribution is 2.16. The summed E-state index contributed by atoms with van der Waals surface area (Å²) >= 11 is 0. The lowest BCUT2D eigenvalue weighted by molar-refractivity contribution is 0.158. The summed E-state index contributed by atoms with van der Waals surface area (Å²) in [6, 6.07) is 0.637. The van der Waals surface area contributed by atoms with Gasteiger partial charge in [-0.3, -0.25) is 4.90 Å². The number of hydrogen-bond donors (Lipinski definition) is 2. The lowest BCUT2D eigenvalue weighted by Crippen LogP contribution is -2.50. The molecule has 0 spiro atoms. The fraction of sp³-hybridized carbons (Fsp3) is 1.00. The summed E-state index contributed by atoms with van der Waals surface area (Å²) < 4.78 is 0. The molecule has 0 aromatic carbocycles. The number of nitrogens with one attached hydrogen (secondary N) is 1. The van der Waals surface area contributed by atoms with Crippen LogP contribution in [0.25, 0.3) is 0 Å². The van der Waals surface area contributed by atoms with Gasteiger partial charge in [-0.1, -0.05) is 0 Å². The molecular formula is C8H19N3. The van der Waals surface area contributed by atoms with E-state index in [1.165, 1.54) is 6.42 Å². The highest BCUT2D eigenvalue weighted by Gasteiger charge is 2.29. The largest absolute Gasteiger partial charge is 0.316 e. The fourth-order valence-corrected chi connectivity index (χ4v) is 1.52. The summed E-state index contributed by atoms with van der Waals surface area (Å²) in [6.45, 7) is 6.32. The molecule has 3 nitrogen and oxygen atoms in total. The van der Waals surface area contributed by atoms with Crippen LogP contribution in [0.4, 0.5) is 0 Å². The van der Waals surface area contributed by atoms with Crippen LogP contribution in [0.2, 0.25) is 0 Å². The molecule has 1 rings (SSSR count). The highest BCUT2D eigenvalue weighted by molar-refractivity contribution is 4.86. The molecule has 66 valence electrons. The van der Waals surface area contributed by atoms with Gasteiger partial charge in [-0.2, -0.15) is 0 Å². The average Bonchev–Trinajstić information content (AvgIpc) is 2.32. The molecule has 0 aliphatic carbocycles. The summed E-state index contributed by atoms with van der Waals surface area (Å²) in [4.78, 5) is 2.31. The minimum atomic E-state index is -0.147. The van der Waals surface area contributed by atoms with Crippen molar-refractivity contribution in [3.63, 3.8) is 0 Å². The third-order valence-corrected chi connectivity index (χ3v) is 2.41. The SMILES string of the molecule is CN[C@H]1CCN(C(C)(C)N)C1. The molecule has 0 unspecified atom stereocenters. The third kappa shape index (κ3) is 2.15. The summed E-state index contributed by atoms with van der Waals surface area (Å²) in [6.07, 6.45) is 1.22. The first-order valence-corrected chi connectivity index (χ1v) is 4.25. The molecule has 11 heavy (non-hydrogen) atoms. The van der Waals surface area contributed by atoms with Gasteiger partial charge in [0.25, 0.3) is 0 Å². The second-order valence-electron chi connectivity index (χ2n) is 3.87. The Hall–Kier alpha value is -0.120. The van der Waals surface area contributed by atoms with Crippen LogP contribution in [0.1, 0.15) is 20.3 Å². The zero-order valence-corrected chi connectivity index (χ0v) is 7.72. The minimum Gasteiger partial charge on any atom is -0.316 e. The standard InChI is InChI=1S/C8H19N3/c1-8(2,9)11-5-4-7(6-11)10-3/h7,10H,4-6,9H2,1-3H3/t7-/m0/s1. The van der Waals surface area contributed by atoms with E-state index in [1.54, 1.807) is 0 Å². The number of rotatable bonds is 2. The van der Waals surface area contributed by atoms with Crippen molar-refractivity contribution in [3.8, 4) is 0 Å². The van der Waals surface area contributed by atoms with Crippen molar-refractivity contribution < 1.29 is 0 Å². The van der Waals surface area contributed by atoms with Crippen molar-refractivity contribution in [2.75, 3.05) is 20.1 Å². The molecule has 3 heteroatoms. The maximum absolute atomic E-state index is 5.96. The van der Waals surface area contributed by atoms with Gasteiger partial charge in [-0.15, -0.1) is 0 Å². The highest BCUT2D eigenvalue weighted by atomic mass is 15.3. The Balaban J connectivity index is 2.42. The van der Waals surface area contributed by atoms with Gasteiger partial charge in [-0.25, -0.2) is 0 Å². The molecule has 3 N–H and O–H groups in total. The topological polar surface area (TPSA) is 41.3 Å². The summed E-state index contributed by atoms with van der Waals surface area (Å²) in [5, 5.41) is 3.27. The van der Waals surface area contributed by atoms with E-state index in [-0.39, 0.29) is 5.66 Å². The number of likely N-dealkylation sites (tertiary alicyclic amines) is 1. The Morgan fingerprint density at radius 2 is 2.18 bits per heavy atom. The van der Waals surface area contributed by atoms with Gasteiger partial charge < -0.3 is 11.1 Å². The second kappa shape index (κ2) is 3.09. The number of hydrogen-bond acceptors (Lipinski definition) is 3. The second-order valence-corrected chi connectivity index (χ2v) is 3.87. The van der Waals surface area contributed by atoms with Crippen LogP contribution in [0.3, 0.4) is 0 Å². The van der Waals surface area contributed by atoms with E-state index >= 15 is 0 Å². The van der Waals surface area contributed by atoms with Crippen molar-refractivity contribution in [1.82, 2.24) is 10.2 Å². The molecule has 1 saturated heterocycles. The Morgan fingerprint density at radius 3 is 2.45 bits per heavy atom. The molecule has 1 heterocycles. The fourth-order valence-electron chi connectivity index (χ4n) is 1.52. The van der Waals surface area contributed by atoms with Crippen LogP contribution in [-0.4, -0.2) is 36.7 Å². The van der Waals surface area contributed by atoms with Crippen LogP contribution in [0, 0.1) is 0 Å². The smallest absolute Gasteiger partial charge is 0.0629 e. The summed E-state index contributed by atoms with van der Waals surface area (Å²) in [7, 11) is 2.01. The van der Waals surface area contributed by atoms with Gasteiger partial charge in [0.1, 0.15) is 0 Å². The molecular weight excluding hydrogens is 138 g/mol. The molecule has 0 saturated carbocycles. The van der Waals surface area contributed by atoms with E-state index in [1.807, 2.05) is 7.05 Å². The Morgan fingerprint density at radius 1 is 1.55 bits per heavy atom. The van der Waals surface area contributed by atoms with Gasteiger partial charge in [0.15, 0.2) is 0 Å². The lowest BCUT2D eigenvalue weighted by atomic mass is 10.2. The number of nitrogens with zero attached hydrogens (tertiary/aromatic N) is 1. The Labute approximate surface area is 68.9 Å². The van der Waals surface area contributed by atoms with Crippen LogP contribution in [0.5, 0.6) is 0 Å². The minimum absolute atomic E-state index is 0.147. The van der Waals surface area contributed by atoms with Crippen molar-refractivity contribution >= 4 is 0 Å². The molecule has 1 fully saturated rings. The van der Waals surface area contributed by atoms with Crippen LogP contribution >= 0.6 is 0 Å². The van der Waals surface area contributed by atoms with Crippen molar-refractivity contribution in [2.45, 2.75) is 32.0 Å². The average molecular weight is 157 g/mol. The Kier molecular flexibility index (Phi) is 2.52. The normalized spacial score (nSPS) is 27.8. The molecule has 0 amide bonds. The molecule has 1 aliphatic heterocycles. The molecule has 0 bridgehead atoms. The van der Waals surface area contributed by atoms with Gasteiger partial charge in [0, 0.05) is 19.1 Å². The number of nitrogens with two attached hydrogens (primary N) is 1. The molecule has 1 atom stereocenters. The predicted octanol–water partition coefficient (Wildman–Crippen LogP) is -0.0251. The van der Waals surface area contributed by atoms with Crippen LogP contribution in [0.15, 0.2) is 0 Å². The van der Waals surface area contributed by atoms with E-state index < -0.39 is 0 Å². The zero-order chi connectivity index (χ0) is 8.48. The van der Waals surface area contributed by atoms with Gasteiger partial charge in [-0.05, 0) is 27.3 Å². The Bertz CT molecular complexity index is 128. The van der Waals surface area contributed by atoms with Crippen molar-refractivity contribution in [2.24, 2.45) is 5.73 Å². The van der Waals surface area contributed by atoms with E-state index in [9.17, 15) is 0 Å². The predicted molar refractivity (Wildman–Crippen MR) is 47.3 cm³/mol. The van der Waals surface area contributed by atoms with Gasteiger partial charge in [0.05, 0.1) is 5.66 Å². The first kappa shape index (κ1) is 8.97. The van der Waals surface area contributed by atoms with Gasteiger partial charge >= 0.3 is 0 Å². The number of likely N-dealkylation sites (N-methyl/N-ethyl adjacent to an activating group) is 1. The maximum atomic E-state index is 5.96. The molecule has 0 aromatic rings. The van der Waals surface area contributed by atoms with Crippen molar-refractivity contribution in [1.29, 1.82) is 0 Å². The molecule has 0 radical (unpaired) electrons. The first-order chi connectivity index (χ1) is 5.04. The van der Waals surface area contributed by atoms with Gasteiger partial charge in [0.2, 0.25) is 0 Å². The maximum Gasteiger partial charge on any atom is 0.0629 e. The van der Waals surface area contributed by atoms with E-state index in [0.717, 1.165) is 13.1 Å². The monoisotopic (exact) mass is 157 g/mol. The lowest BCUT2D eigenvalue weighted by Gasteiger charge is -2.31. The summed E-state index contributed by atoms with van der Waals surface area (Å²) in [5.74, 6) is 0. The molecule has 1 aliphatic rings. The van der Waals surface area contributed by atoms with E-state index in [4.69, 9.17) is 5.73 Å². The third-order valence-electron chi connectivity index (χ3n) is 2.41. The van der Waals surface area contributed by atoms with Crippen LogP contribution in [-0.2, 0) is 0 Å². The van der Waals surface area contributed by atoms with Crippen molar-refractivity contribution in [3.05, 3.63) is 0 Å². The van der Waals surface area contributed by atoms with E-state index in [2.05, 4.69) is 24.1 Å². The zero-order valence-electron chi connectivity index (χ0n) is 7.72. The van der Waals surface area contributed by atoms with Crippen LogP contribution < -0.4 is 11.1 Å². The first-order valence-electron chi connectivity index (χ1n) is 4.25. The quantitative estimate of drug-likeness (QED) is 0.591. The molecule has 0 aromatic heterocycles.